The van der Waals surface area contributed by atoms with Crippen molar-refractivity contribution < 1.29 is 14.7 Å². The summed E-state index contributed by atoms with van der Waals surface area (Å²) < 4.78 is 0. The molecule has 1 fully saturated rings. The van der Waals surface area contributed by atoms with E-state index in [0.717, 1.165) is 5.56 Å². The van der Waals surface area contributed by atoms with Crippen LogP contribution in [0.25, 0.3) is 0 Å². The molecule has 96 valence electrons. The van der Waals surface area contributed by atoms with Gasteiger partial charge in [0, 0.05) is 6.54 Å². The molecule has 0 heterocycles. The van der Waals surface area contributed by atoms with Crippen LogP contribution in [0.5, 0.6) is 0 Å². The zero-order chi connectivity index (χ0) is 13.3. The van der Waals surface area contributed by atoms with Crippen molar-refractivity contribution >= 4 is 11.9 Å². The van der Waals surface area contributed by atoms with E-state index in [1.54, 1.807) is 0 Å². The molecule has 0 bridgehead atoms. The molecule has 2 unspecified atom stereocenters. The summed E-state index contributed by atoms with van der Waals surface area (Å²) in [4.78, 5) is 22.3. The molecular formula is C14H17NO3. The molecule has 1 aromatic rings. The first-order valence-corrected chi connectivity index (χ1v) is 6.05. The van der Waals surface area contributed by atoms with Gasteiger partial charge in [0.05, 0.1) is 11.8 Å². The monoisotopic (exact) mass is 247 g/mol. The van der Waals surface area contributed by atoms with Gasteiger partial charge in [-0.25, -0.2) is 0 Å². The third-order valence-corrected chi connectivity index (χ3v) is 3.48. The Kier molecular flexibility index (Phi) is 3.36. The van der Waals surface area contributed by atoms with Crippen molar-refractivity contribution in [1.82, 2.24) is 5.32 Å². The quantitative estimate of drug-likeness (QED) is 0.850. The van der Waals surface area contributed by atoms with Gasteiger partial charge in [0.15, 0.2) is 0 Å². The second kappa shape index (κ2) is 4.80. The van der Waals surface area contributed by atoms with Crippen LogP contribution in [0.2, 0.25) is 0 Å². The Bertz CT molecular complexity index is 496. The molecule has 4 nitrogen and oxygen atoms in total. The summed E-state index contributed by atoms with van der Waals surface area (Å²) >= 11 is 0. The molecule has 1 aliphatic carbocycles. The molecule has 0 spiro atoms. The Labute approximate surface area is 106 Å². The standard InChI is InChI=1S/C14H17NO3/c1-8-3-4-10(5-9(8)2)7-15-13(16)11-6-12(11)14(17)18/h3-5,11-12H,6-7H2,1-2H3,(H,15,16)(H,17,18). The lowest BCUT2D eigenvalue weighted by Gasteiger charge is -2.07. The van der Waals surface area contributed by atoms with Crippen LogP contribution in [-0.2, 0) is 16.1 Å². The van der Waals surface area contributed by atoms with Crippen LogP contribution in [0, 0.1) is 25.7 Å². The Morgan fingerprint density at radius 2 is 2.00 bits per heavy atom. The maximum atomic E-state index is 11.7. The fraction of sp³-hybridized carbons (Fsp3) is 0.429. The van der Waals surface area contributed by atoms with Crippen molar-refractivity contribution in [3.05, 3.63) is 34.9 Å². The minimum atomic E-state index is -0.874. The third kappa shape index (κ3) is 2.70. The molecular weight excluding hydrogens is 230 g/mol. The molecule has 0 radical (unpaired) electrons. The molecule has 0 aliphatic heterocycles. The number of hydrogen-bond donors (Lipinski definition) is 2. The molecule has 4 heteroatoms. The van der Waals surface area contributed by atoms with Crippen LogP contribution in [0.15, 0.2) is 18.2 Å². The molecule has 1 saturated carbocycles. The Hall–Kier alpha value is -1.84. The van der Waals surface area contributed by atoms with Crippen LogP contribution in [0.4, 0.5) is 0 Å². The molecule has 0 saturated heterocycles. The van der Waals surface area contributed by atoms with Gasteiger partial charge in [0.25, 0.3) is 0 Å². The minimum absolute atomic E-state index is 0.152. The van der Waals surface area contributed by atoms with Gasteiger partial charge in [-0.3, -0.25) is 9.59 Å². The topological polar surface area (TPSA) is 66.4 Å². The van der Waals surface area contributed by atoms with Crippen LogP contribution in [-0.4, -0.2) is 17.0 Å². The largest absolute Gasteiger partial charge is 0.481 e. The number of benzene rings is 1. The normalized spacial score (nSPS) is 21.4. The zero-order valence-electron chi connectivity index (χ0n) is 10.6. The van der Waals surface area contributed by atoms with E-state index in [9.17, 15) is 9.59 Å². The summed E-state index contributed by atoms with van der Waals surface area (Å²) in [5.74, 6) is -1.85. The maximum absolute atomic E-state index is 11.7. The molecule has 1 amide bonds. The van der Waals surface area contributed by atoms with Gasteiger partial charge in [-0.15, -0.1) is 0 Å². The first kappa shape index (κ1) is 12.6. The average molecular weight is 247 g/mol. The number of nitrogens with one attached hydrogen (secondary N) is 1. The number of carbonyl (C=O) groups excluding carboxylic acids is 1. The highest BCUT2D eigenvalue weighted by molar-refractivity contribution is 5.89. The second-order valence-corrected chi connectivity index (χ2v) is 4.92. The lowest BCUT2D eigenvalue weighted by Crippen LogP contribution is -2.25. The SMILES string of the molecule is Cc1ccc(CNC(=O)C2CC2C(=O)O)cc1C. The number of amides is 1. The van der Waals surface area contributed by atoms with E-state index in [2.05, 4.69) is 5.32 Å². The van der Waals surface area contributed by atoms with E-state index in [1.807, 2.05) is 32.0 Å². The highest BCUT2D eigenvalue weighted by Gasteiger charge is 2.48. The zero-order valence-corrected chi connectivity index (χ0v) is 10.6. The summed E-state index contributed by atoms with van der Waals surface area (Å²) in [6.07, 6.45) is 0.466. The van der Waals surface area contributed by atoms with Gasteiger partial charge in [-0.2, -0.15) is 0 Å². The van der Waals surface area contributed by atoms with E-state index in [-0.39, 0.29) is 11.8 Å². The van der Waals surface area contributed by atoms with Gasteiger partial charge in [0.2, 0.25) is 5.91 Å². The van der Waals surface area contributed by atoms with Gasteiger partial charge >= 0.3 is 5.97 Å². The van der Waals surface area contributed by atoms with Crippen LogP contribution in [0.1, 0.15) is 23.1 Å². The van der Waals surface area contributed by atoms with Crippen molar-refractivity contribution in [2.45, 2.75) is 26.8 Å². The summed E-state index contributed by atoms with van der Waals surface area (Å²) in [5.41, 5.74) is 3.45. The van der Waals surface area contributed by atoms with Crippen molar-refractivity contribution in [3.63, 3.8) is 0 Å². The molecule has 2 N–H and O–H groups in total. The summed E-state index contributed by atoms with van der Waals surface area (Å²) in [5, 5.41) is 11.5. The van der Waals surface area contributed by atoms with E-state index in [1.165, 1.54) is 11.1 Å². The fourth-order valence-electron chi connectivity index (χ4n) is 1.99. The van der Waals surface area contributed by atoms with Crippen LogP contribution >= 0.6 is 0 Å². The summed E-state index contributed by atoms with van der Waals surface area (Å²) in [7, 11) is 0. The highest BCUT2D eigenvalue weighted by atomic mass is 16.4. The third-order valence-electron chi connectivity index (χ3n) is 3.48. The second-order valence-electron chi connectivity index (χ2n) is 4.92. The molecule has 1 aliphatic rings. The molecule has 2 atom stereocenters. The van der Waals surface area contributed by atoms with Crippen molar-refractivity contribution in [1.29, 1.82) is 0 Å². The summed E-state index contributed by atoms with van der Waals surface area (Å²) in [6.45, 7) is 4.53. The number of carbonyl (C=O) groups is 2. The molecule has 0 aromatic heterocycles. The number of carboxylic acid groups (broad SMARTS) is 1. The molecule has 18 heavy (non-hydrogen) atoms. The highest BCUT2D eigenvalue weighted by Crippen LogP contribution is 2.38. The Morgan fingerprint density at radius 3 is 2.56 bits per heavy atom. The van der Waals surface area contributed by atoms with Crippen molar-refractivity contribution in [3.8, 4) is 0 Å². The van der Waals surface area contributed by atoms with Gasteiger partial charge in [-0.05, 0) is 37.0 Å². The van der Waals surface area contributed by atoms with E-state index < -0.39 is 11.9 Å². The smallest absolute Gasteiger partial charge is 0.307 e. The summed E-state index contributed by atoms with van der Waals surface area (Å²) in [6, 6.07) is 6.04. The first-order chi connectivity index (χ1) is 8.49. The molecule has 2 rings (SSSR count). The number of hydrogen-bond acceptors (Lipinski definition) is 2. The van der Waals surface area contributed by atoms with Gasteiger partial charge in [0.1, 0.15) is 0 Å². The maximum Gasteiger partial charge on any atom is 0.307 e. The number of carboxylic acids is 1. The predicted octanol–water partition coefficient (Wildman–Crippen LogP) is 1.64. The number of rotatable bonds is 4. The van der Waals surface area contributed by atoms with E-state index in [4.69, 9.17) is 5.11 Å². The van der Waals surface area contributed by atoms with Crippen LogP contribution in [0.3, 0.4) is 0 Å². The molecule has 1 aromatic carbocycles. The van der Waals surface area contributed by atoms with Crippen LogP contribution < -0.4 is 5.32 Å². The van der Waals surface area contributed by atoms with E-state index in [0.29, 0.717) is 13.0 Å². The number of aryl methyl sites for hydroxylation is 2. The Morgan fingerprint density at radius 1 is 1.28 bits per heavy atom. The fourth-order valence-corrected chi connectivity index (χ4v) is 1.99. The van der Waals surface area contributed by atoms with Crippen molar-refractivity contribution in [2.75, 3.05) is 0 Å². The lowest BCUT2D eigenvalue weighted by molar-refractivity contribution is -0.140. The number of aliphatic carboxylic acids is 1. The average Bonchev–Trinajstić information content (AvgIpc) is 3.10. The van der Waals surface area contributed by atoms with Gasteiger partial charge in [-0.1, -0.05) is 18.2 Å². The Balaban J connectivity index is 1.87. The van der Waals surface area contributed by atoms with Crippen molar-refractivity contribution in [2.24, 2.45) is 11.8 Å². The lowest BCUT2D eigenvalue weighted by atomic mass is 10.1. The predicted molar refractivity (Wildman–Crippen MR) is 67.0 cm³/mol. The van der Waals surface area contributed by atoms with E-state index >= 15 is 0 Å². The minimum Gasteiger partial charge on any atom is -0.481 e. The van der Waals surface area contributed by atoms with Gasteiger partial charge < -0.3 is 10.4 Å². The first-order valence-electron chi connectivity index (χ1n) is 6.05.